The molecule has 0 radical (unpaired) electrons. The van der Waals surface area contributed by atoms with Crippen LogP contribution in [0.3, 0.4) is 0 Å². The van der Waals surface area contributed by atoms with Crippen molar-refractivity contribution in [1.82, 2.24) is 19.9 Å². The van der Waals surface area contributed by atoms with E-state index in [1.54, 1.807) is 24.3 Å². The highest BCUT2D eigenvalue weighted by Gasteiger charge is 2.38. The van der Waals surface area contributed by atoms with E-state index in [1.165, 1.54) is 24.8 Å². The summed E-state index contributed by atoms with van der Waals surface area (Å²) >= 11 is 0. The molecule has 2 aliphatic rings. The Balaban J connectivity index is 1.94. The molecular weight excluding hydrogens is 476 g/mol. The van der Waals surface area contributed by atoms with Crippen LogP contribution in [-0.2, 0) is 0 Å². The van der Waals surface area contributed by atoms with Crippen molar-refractivity contribution in [3.63, 3.8) is 0 Å². The van der Waals surface area contributed by atoms with Crippen molar-refractivity contribution in [2.75, 3.05) is 0 Å². The summed E-state index contributed by atoms with van der Waals surface area (Å²) in [4.78, 5) is 27.4. The van der Waals surface area contributed by atoms with E-state index in [9.17, 15) is 15.8 Å². The summed E-state index contributed by atoms with van der Waals surface area (Å²) in [5.74, 6) is 0.311. The topological polar surface area (TPSA) is 136 Å². The van der Waals surface area contributed by atoms with Crippen LogP contribution in [0.2, 0.25) is 0 Å². The zero-order valence-corrected chi connectivity index (χ0v) is 19.1. The molecule has 10 heteroatoms. The highest BCUT2D eigenvalue weighted by Crippen LogP contribution is 2.54. The molecule has 0 aliphatic heterocycles. The molecule has 0 bridgehead atoms. The van der Waals surface area contributed by atoms with Gasteiger partial charge in [0.1, 0.15) is 11.9 Å². The van der Waals surface area contributed by atoms with Gasteiger partial charge in [0.25, 0.3) is 11.4 Å². The molecule has 0 saturated carbocycles. The predicted molar refractivity (Wildman–Crippen MR) is 135 cm³/mol. The lowest BCUT2D eigenvalue weighted by Crippen LogP contribution is -1.96. The van der Waals surface area contributed by atoms with Crippen LogP contribution in [0.1, 0.15) is 33.9 Å². The van der Waals surface area contributed by atoms with Crippen molar-refractivity contribution in [2.24, 2.45) is 0 Å². The summed E-state index contributed by atoms with van der Waals surface area (Å²) in [5.41, 5.74) is 1.93. The lowest BCUT2D eigenvalue weighted by Gasteiger charge is -2.11. The number of rotatable bonds is 2. The third kappa shape index (κ3) is 3.22. The van der Waals surface area contributed by atoms with Crippen molar-refractivity contribution in [1.29, 1.82) is 15.8 Å². The van der Waals surface area contributed by atoms with Crippen molar-refractivity contribution in [3.8, 4) is 18.2 Å². The minimum absolute atomic E-state index is 0.101. The second-order valence-corrected chi connectivity index (χ2v) is 7.68. The number of fused-ring (bicyclic) bond motifs is 2. The monoisotopic (exact) mass is 484 g/mol. The lowest BCUT2D eigenvalue weighted by atomic mass is 9.93. The smallest absolute Gasteiger partial charge is 0.238 e. The molecule has 1 aromatic carbocycles. The first kappa shape index (κ1) is 23.0. The molecule has 3 aromatic rings. The van der Waals surface area contributed by atoms with Gasteiger partial charge >= 0.3 is 0 Å². The van der Waals surface area contributed by atoms with Crippen LogP contribution < -0.4 is 0 Å². The van der Waals surface area contributed by atoms with E-state index in [0.29, 0.717) is 22.3 Å². The molecule has 0 unspecified atom stereocenters. The van der Waals surface area contributed by atoms with Gasteiger partial charge in [0.15, 0.2) is 5.82 Å². The van der Waals surface area contributed by atoms with Crippen LogP contribution in [0.15, 0.2) is 60.4 Å². The summed E-state index contributed by atoms with van der Waals surface area (Å²) in [6.07, 6.45) is 5.94. The molecule has 0 atom stereocenters. The first-order valence-electron chi connectivity index (χ1n) is 10.7. The number of nitriles is 3. The Labute approximate surface area is 216 Å². The van der Waals surface area contributed by atoms with Gasteiger partial charge < -0.3 is 0 Å². The standard InChI is InChI=1S/C28H8N10/c1-32-20(13-30)22-16-11-18-17(10-15(16)19(12-29)24(22)27-35-6-4-7-36-27)23(21(14-31)33-2)25(26(18)34-3)28-37-8-5-9-38-28/h4-11H/b22-20+,23-21-. The maximum Gasteiger partial charge on any atom is 0.270 e. The van der Waals surface area contributed by atoms with Gasteiger partial charge in [-0.05, 0) is 40.5 Å². The van der Waals surface area contributed by atoms with Crippen LogP contribution in [0.25, 0.3) is 48.1 Å². The van der Waals surface area contributed by atoms with E-state index in [1.807, 2.05) is 12.1 Å². The lowest BCUT2D eigenvalue weighted by molar-refractivity contribution is 1.13. The van der Waals surface area contributed by atoms with Gasteiger partial charge in [-0.15, -0.1) is 0 Å². The quantitative estimate of drug-likeness (QED) is 0.375. The molecule has 2 aromatic heterocycles. The highest BCUT2D eigenvalue weighted by atomic mass is 14.9. The number of hydrogen-bond acceptors (Lipinski definition) is 7. The van der Waals surface area contributed by atoms with E-state index < -0.39 is 0 Å². The molecule has 0 fully saturated rings. The molecule has 170 valence electrons. The Bertz CT molecular complexity index is 1770. The van der Waals surface area contributed by atoms with Crippen LogP contribution in [-0.4, -0.2) is 19.9 Å². The molecule has 2 heterocycles. The second kappa shape index (κ2) is 9.14. The molecule has 5 rings (SSSR count). The zero-order chi connectivity index (χ0) is 26.8. The number of hydrogen-bond donors (Lipinski definition) is 0. The van der Waals surface area contributed by atoms with Crippen molar-refractivity contribution < 1.29 is 0 Å². The van der Waals surface area contributed by atoms with Crippen LogP contribution in [0.4, 0.5) is 0 Å². The molecule has 10 nitrogen and oxygen atoms in total. The van der Waals surface area contributed by atoms with Crippen LogP contribution >= 0.6 is 0 Å². The second-order valence-electron chi connectivity index (χ2n) is 7.68. The van der Waals surface area contributed by atoms with E-state index in [-0.39, 0.29) is 56.6 Å². The SMILES string of the molecule is [C-]#[N+]C1=C(c2ncccn2)/C(=C(/C#N)[N+]#[C-])c2cc3c(cc21)/C(=C(/C#N)[N+]#[C-])C(c1ncccn1)=C3C#N. The molecule has 0 spiro atoms. The summed E-state index contributed by atoms with van der Waals surface area (Å²) in [6, 6.07) is 12.3. The third-order valence-corrected chi connectivity index (χ3v) is 5.92. The zero-order valence-electron chi connectivity index (χ0n) is 19.1. The maximum absolute atomic E-state index is 10.2. The van der Waals surface area contributed by atoms with Gasteiger partial charge in [-0.3, -0.25) is 0 Å². The largest absolute Gasteiger partial charge is 0.270 e. The number of nitrogens with zero attached hydrogens (tertiary/aromatic N) is 10. The molecular formula is C28H8N10. The number of aromatic nitrogens is 4. The minimum Gasteiger partial charge on any atom is -0.238 e. The van der Waals surface area contributed by atoms with E-state index in [2.05, 4.69) is 40.5 Å². The maximum atomic E-state index is 10.2. The average Bonchev–Trinajstić information content (AvgIpc) is 3.46. The van der Waals surface area contributed by atoms with Crippen molar-refractivity contribution >= 4 is 33.6 Å². The fourth-order valence-electron chi connectivity index (χ4n) is 4.49. The van der Waals surface area contributed by atoms with Crippen LogP contribution in [0.5, 0.6) is 0 Å². The van der Waals surface area contributed by atoms with E-state index >= 15 is 0 Å². The average molecular weight is 484 g/mol. The summed E-state index contributed by atoms with van der Waals surface area (Å²) in [5, 5.41) is 29.8. The first-order valence-corrected chi connectivity index (χ1v) is 10.7. The molecule has 0 N–H and O–H groups in total. The fraction of sp³-hybridized carbons (Fsp3) is 0. The van der Waals surface area contributed by atoms with Gasteiger partial charge in [-0.2, -0.15) is 5.26 Å². The number of benzene rings is 1. The number of allylic oxidation sites excluding steroid dienone is 7. The summed E-state index contributed by atoms with van der Waals surface area (Å²) in [7, 11) is 0. The Morgan fingerprint density at radius 3 is 1.61 bits per heavy atom. The minimum atomic E-state index is -0.272. The fourth-order valence-corrected chi connectivity index (χ4v) is 4.49. The van der Waals surface area contributed by atoms with Crippen molar-refractivity contribution in [2.45, 2.75) is 0 Å². The van der Waals surface area contributed by atoms with Gasteiger partial charge in [-0.25, -0.2) is 45.0 Å². The van der Waals surface area contributed by atoms with Crippen molar-refractivity contribution in [3.05, 3.63) is 129 Å². The Kier molecular flexibility index (Phi) is 5.55. The normalized spacial score (nSPS) is 15.6. The molecule has 2 aliphatic carbocycles. The van der Waals surface area contributed by atoms with Gasteiger partial charge in [0.2, 0.25) is 5.70 Å². The third-order valence-electron chi connectivity index (χ3n) is 5.92. The van der Waals surface area contributed by atoms with Gasteiger partial charge in [0, 0.05) is 47.1 Å². The molecule has 0 amide bonds. The Hall–Kier alpha value is -6.72. The Morgan fingerprint density at radius 1 is 0.658 bits per heavy atom. The summed E-state index contributed by atoms with van der Waals surface area (Å²) in [6.45, 7) is 23.1. The Morgan fingerprint density at radius 2 is 1.13 bits per heavy atom. The van der Waals surface area contributed by atoms with Gasteiger partial charge in [-0.1, -0.05) is 6.07 Å². The predicted octanol–water partition coefficient (Wildman–Crippen LogP) is 4.82. The molecule has 38 heavy (non-hydrogen) atoms. The van der Waals surface area contributed by atoms with Crippen LogP contribution in [0, 0.1) is 53.7 Å². The van der Waals surface area contributed by atoms with E-state index in [4.69, 9.17) is 19.7 Å². The van der Waals surface area contributed by atoms with E-state index in [0.717, 1.165) is 0 Å². The molecule has 0 saturated heterocycles. The first-order chi connectivity index (χ1) is 18.6. The highest BCUT2D eigenvalue weighted by molar-refractivity contribution is 6.28. The summed E-state index contributed by atoms with van der Waals surface area (Å²) < 4.78 is 0. The van der Waals surface area contributed by atoms with Gasteiger partial charge in [0.05, 0.1) is 37.4 Å².